The van der Waals surface area contributed by atoms with E-state index >= 15 is 0 Å². The van der Waals surface area contributed by atoms with Gasteiger partial charge in [-0.2, -0.15) is 0 Å². The number of nitrogens with one attached hydrogen (secondary N) is 2. The lowest BCUT2D eigenvalue weighted by Crippen LogP contribution is -2.70. The fourth-order valence-corrected chi connectivity index (χ4v) is 15.6. The van der Waals surface area contributed by atoms with Gasteiger partial charge in [0.15, 0.2) is 12.6 Å². The van der Waals surface area contributed by atoms with Crippen LogP contribution in [-0.4, -0.2) is 215 Å². The van der Waals surface area contributed by atoms with Gasteiger partial charge in [0.05, 0.1) is 50.7 Å². The number of amides is 2. The molecule has 3 aliphatic rings. The third-order valence-corrected chi connectivity index (χ3v) is 22.7. The summed E-state index contributed by atoms with van der Waals surface area (Å²) >= 11 is 0. The summed E-state index contributed by atoms with van der Waals surface area (Å²) in [7, 11) is 0. The smallest absolute Gasteiger partial charge is 0.364 e. The van der Waals surface area contributed by atoms with Crippen molar-refractivity contribution in [3.63, 3.8) is 0 Å². The second kappa shape index (κ2) is 65.3. The van der Waals surface area contributed by atoms with E-state index in [1.165, 1.54) is 263 Å². The number of carboxylic acid groups (broad SMARTS) is 1. The molecule has 18 atom stereocenters. The Morgan fingerprint density at radius 2 is 0.873 bits per heavy atom. The molecule has 646 valence electrons. The molecule has 23 nitrogen and oxygen atoms in total. The minimum absolute atomic E-state index is 0.226. The molecule has 0 aromatic carbocycles. The zero-order valence-corrected chi connectivity index (χ0v) is 68.9. The number of aliphatic hydroxyl groups excluding tert-OH is 11. The number of hydrogen-bond donors (Lipinski definition) is 14. The van der Waals surface area contributed by atoms with Crippen LogP contribution in [0.3, 0.4) is 0 Å². The van der Waals surface area contributed by atoms with E-state index in [0.29, 0.717) is 19.3 Å². The quantitative estimate of drug-likeness (QED) is 0.0199. The summed E-state index contributed by atoms with van der Waals surface area (Å²) in [6.45, 7) is 2.27. The largest absolute Gasteiger partial charge is 0.477 e. The highest BCUT2D eigenvalue weighted by Gasteiger charge is 2.60. The number of allylic oxidation sites excluding steroid dienone is 4. The summed E-state index contributed by atoms with van der Waals surface area (Å²) in [5, 5.41) is 137. The third kappa shape index (κ3) is 44.0. The van der Waals surface area contributed by atoms with Crippen molar-refractivity contribution in [2.75, 3.05) is 26.4 Å². The molecule has 3 rings (SSSR count). The van der Waals surface area contributed by atoms with Gasteiger partial charge in [0.1, 0.15) is 67.1 Å². The number of unbranched alkanes of at least 4 members (excludes halogenated alkanes) is 48. The van der Waals surface area contributed by atoms with Crippen LogP contribution in [0, 0.1) is 0 Å². The zero-order valence-electron chi connectivity index (χ0n) is 68.9. The maximum absolute atomic E-state index is 13.6. The Morgan fingerprint density at radius 3 is 1.27 bits per heavy atom. The highest BCUT2D eigenvalue weighted by Crippen LogP contribution is 2.39. The van der Waals surface area contributed by atoms with Crippen molar-refractivity contribution in [2.24, 2.45) is 0 Å². The second-order valence-electron chi connectivity index (χ2n) is 32.5. The molecule has 18 unspecified atom stereocenters. The van der Waals surface area contributed by atoms with Crippen LogP contribution >= 0.6 is 0 Å². The molecule has 3 fully saturated rings. The van der Waals surface area contributed by atoms with Crippen LogP contribution in [0.2, 0.25) is 0 Å². The number of hydrogen-bond acceptors (Lipinski definition) is 20. The zero-order chi connectivity index (χ0) is 80.3. The number of aliphatic hydroxyl groups is 11. The lowest BCUT2D eigenvalue weighted by Gasteiger charge is -2.50. The van der Waals surface area contributed by atoms with Crippen LogP contribution in [0.4, 0.5) is 0 Å². The van der Waals surface area contributed by atoms with Crippen LogP contribution in [0.5, 0.6) is 0 Å². The highest BCUT2D eigenvalue weighted by molar-refractivity contribution is 5.77. The molecule has 3 saturated heterocycles. The van der Waals surface area contributed by atoms with Gasteiger partial charge < -0.3 is 100 Å². The lowest BCUT2D eigenvalue weighted by atomic mass is 9.88. The van der Waals surface area contributed by atoms with Gasteiger partial charge in [-0.05, 0) is 44.9 Å². The van der Waals surface area contributed by atoms with Gasteiger partial charge in [0.2, 0.25) is 11.8 Å². The summed E-state index contributed by atoms with van der Waals surface area (Å²) in [6, 6.07) is -2.53. The maximum Gasteiger partial charge on any atom is 0.364 e. The number of carbonyl (C=O) groups is 3. The monoisotopic (exact) mass is 1570 g/mol. The molecule has 3 heterocycles. The third-order valence-electron chi connectivity index (χ3n) is 22.7. The first-order valence-electron chi connectivity index (χ1n) is 44.7. The summed E-state index contributed by atoms with van der Waals surface area (Å²) in [5.41, 5.74) is 0. The Kier molecular flexibility index (Phi) is 60.2. The molecule has 0 radical (unpaired) electrons. The predicted molar refractivity (Wildman–Crippen MR) is 431 cm³/mol. The maximum atomic E-state index is 13.6. The Labute approximate surface area is 664 Å². The minimum atomic E-state index is -3.08. The van der Waals surface area contributed by atoms with Gasteiger partial charge in [0, 0.05) is 19.8 Å². The SMILES string of the molecule is CCCCCCCCCCC/C=C\C/C=C\CCCCCCCCCCCCCCCCCCCC(=O)NC(COC1OC(CO)C(OC2OC(CO)C(O)C(OC3(C(=O)O)CC(O)C(NC(C)=O)C(C(O)C(O)CO)O3)C2O)C(O)C1O)C(O)CCCCCCCCCCCCCCCCCCCCCCCCC. The molecule has 3 aliphatic heterocycles. The number of aliphatic carboxylic acids is 1. The van der Waals surface area contributed by atoms with Crippen LogP contribution in [0.25, 0.3) is 0 Å². The standard InChI is InChI=1S/C87H162N2O21/c1-4-6-8-10-12-14-16-18-20-22-24-26-28-29-30-31-32-33-34-35-36-37-39-41-43-45-47-49-51-53-55-57-59-61-74(97)89-68(69(94)60-58-56-54-52-50-48-46-44-42-40-38-27-25-23-21-19-17-15-13-11-9-7-5-2)66-105-84-79(101)78(100)81(73(65-92)107-84)108-85-80(102)83(77(99)72(64-91)106-85)110-87(86(103)104)62-70(95)75(88-67(3)93)82(109-87)76(98)71(96)63-90/h24,26,29-30,68-73,75-85,90-92,94-96,98-102H,4-23,25,27-28,31-66H2,1-3H3,(H,88,93)(H,89,97)(H,103,104)/b26-24-,30-29-. The Balaban J connectivity index is 1.45. The van der Waals surface area contributed by atoms with Crippen molar-refractivity contribution >= 4 is 17.8 Å². The second-order valence-corrected chi connectivity index (χ2v) is 32.5. The van der Waals surface area contributed by atoms with E-state index in [1.807, 2.05) is 0 Å². The Hall–Kier alpha value is -2.79. The molecule has 0 bridgehead atoms. The van der Waals surface area contributed by atoms with Crippen LogP contribution in [0.1, 0.15) is 374 Å². The lowest BCUT2D eigenvalue weighted by molar-refractivity contribution is -0.386. The molecule has 0 aromatic rings. The van der Waals surface area contributed by atoms with E-state index in [-0.39, 0.29) is 18.9 Å². The molecule has 0 aliphatic carbocycles. The van der Waals surface area contributed by atoms with E-state index in [0.717, 1.165) is 64.7 Å². The van der Waals surface area contributed by atoms with Gasteiger partial charge >= 0.3 is 5.97 Å². The first-order chi connectivity index (χ1) is 53.4. The highest BCUT2D eigenvalue weighted by atomic mass is 16.8. The number of rotatable bonds is 72. The predicted octanol–water partition coefficient (Wildman–Crippen LogP) is 13.9. The Morgan fingerprint density at radius 1 is 0.473 bits per heavy atom. The summed E-state index contributed by atoms with van der Waals surface area (Å²) < 4.78 is 35.1. The van der Waals surface area contributed by atoms with Crippen molar-refractivity contribution in [3.8, 4) is 0 Å². The molecular formula is C87H162N2O21. The molecular weight excluding hydrogens is 1410 g/mol. The van der Waals surface area contributed by atoms with Gasteiger partial charge in [-0.1, -0.05) is 334 Å². The van der Waals surface area contributed by atoms with E-state index in [9.17, 15) is 75.7 Å². The minimum Gasteiger partial charge on any atom is -0.477 e. The first-order valence-corrected chi connectivity index (χ1v) is 44.7. The molecule has 23 heteroatoms. The van der Waals surface area contributed by atoms with Crippen molar-refractivity contribution in [1.82, 2.24) is 10.6 Å². The summed E-state index contributed by atoms with van der Waals surface area (Å²) in [6.07, 6.45) is 46.1. The molecule has 0 aromatic heterocycles. The first kappa shape index (κ1) is 101. The summed E-state index contributed by atoms with van der Waals surface area (Å²) in [4.78, 5) is 38.8. The van der Waals surface area contributed by atoms with Crippen molar-refractivity contribution in [1.29, 1.82) is 0 Å². The number of ether oxygens (including phenoxy) is 6. The molecule has 0 saturated carbocycles. The normalized spacial score (nSPS) is 25.7. The van der Waals surface area contributed by atoms with Crippen LogP contribution < -0.4 is 10.6 Å². The fourth-order valence-electron chi connectivity index (χ4n) is 15.6. The van der Waals surface area contributed by atoms with Gasteiger partial charge in [-0.15, -0.1) is 0 Å². The van der Waals surface area contributed by atoms with Crippen LogP contribution in [0.15, 0.2) is 24.3 Å². The average Bonchev–Trinajstić information content (AvgIpc) is 0.760. The van der Waals surface area contributed by atoms with E-state index in [2.05, 4.69) is 48.8 Å². The van der Waals surface area contributed by atoms with Crippen LogP contribution in [-0.2, 0) is 42.8 Å². The van der Waals surface area contributed by atoms with Gasteiger partial charge in [-0.3, -0.25) is 9.59 Å². The van der Waals surface area contributed by atoms with E-state index in [4.69, 9.17) is 28.4 Å². The molecule has 110 heavy (non-hydrogen) atoms. The van der Waals surface area contributed by atoms with E-state index in [1.54, 1.807) is 0 Å². The van der Waals surface area contributed by atoms with Crippen molar-refractivity contribution < 1.29 is 104 Å². The van der Waals surface area contributed by atoms with Crippen molar-refractivity contribution in [2.45, 2.75) is 484 Å². The number of carbonyl (C=O) groups excluding carboxylic acids is 2. The topological polar surface area (TPSA) is 373 Å². The summed E-state index contributed by atoms with van der Waals surface area (Å²) in [5.74, 6) is -6.09. The van der Waals surface area contributed by atoms with E-state index < -0.39 is 148 Å². The average molecular weight is 1570 g/mol. The molecule has 2 amide bonds. The van der Waals surface area contributed by atoms with Gasteiger partial charge in [0.25, 0.3) is 5.79 Å². The van der Waals surface area contributed by atoms with Crippen molar-refractivity contribution in [3.05, 3.63) is 24.3 Å². The molecule has 14 N–H and O–H groups in total. The Bertz CT molecular complexity index is 2270. The molecule has 0 spiro atoms. The fraction of sp³-hybridized carbons (Fsp3) is 0.920. The van der Waals surface area contributed by atoms with Gasteiger partial charge in [-0.25, -0.2) is 4.79 Å². The number of carboxylic acids is 1.